The van der Waals surface area contributed by atoms with Gasteiger partial charge in [-0.3, -0.25) is 0 Å². The van der Waals surface area contributed by atoms with E-state index in [-0.39, 0.29) is 0 Å². The van der Waals surface area contributed by atoms with Gasteiger partial charge in [-0.25, -0.2) is 0 Å². The van der Waals surface area contributed by atoms with Crippen molar-refractivity contribution in [3.8, 4) is 0 Å². The second-order valence-corrected chi connectivity index (χ2v) is 14.0. The Morgan fingerprint density at radius 3 is 2.13 bits per heavy atom. The van der Waals surface area contributed by atoms with Crippen molar-refractivity contribution in [3.63, 3.8) is 0 Å². The molecule has 4 fully saturated rings. The quantitative estimate of drug-likeness (QED) is 0.406. The molecule has 0 aromatic heterocycles. The third-order valence-electron chi connectivity index (χ3n) is 11.9. The normalized spacial score (nSPS) is 47.1. The summed E-state index contributed by atoms with van der Waals surface area (Å²) >= 11 is 0. The van der Waals surface area contributed by atoms with Crippen molar-refractivity contribution in [1.29, 1.82) is 0 Å². The Bertz CT molecular complexity index is 575. The van der Waals surface area contributed by atoms with Gasteiger partial charge in [0.2, 0.25) is 0 Å². The van der Waals surface area contributed by atoms with Gasteiger partial charge in [-0.15, -0.1) is 0 Å². The number of hydrogen-bond donors (Lipinski definition) is 0. The second-order valence-electron chi connectivity index (χ2n) is 14.0. The van der Waals surface area contributed by atoms with Crippen molar-refractivity contribution >= 4 is 0 Å². The van der Waals surface area contributed by atoms with E-state index >= 15 is 0 Å². The Kier molecular flexibility index (Phi) is 6.75. The lowest BCUT2D eigenvalue weighted by atomic mass is 9.43. The van der Waals surface area contributed by atoms with Crippen molar-refractivity contribution in [2.24, 2.45) is 64.1 Å². The van der Waals surface area contributed by atoms with Gasteiger partial charge < -0.3 is 0 Å². The molecule has 0 N–H and O–H groups in total. The molecule has 0 amide bonds. The summed E-state index contributed by atoms with van der Waals surface area (Å²) in [6.07, 6.45) is 18.3. The van der Waals surface area contributed by atoms with Crippen LogP contribution in [0.15, 0.2) is 0 Å². The zero-order valence-corrected chi connectivity index (χ0v) is 21.7. The third kappa shape index (κ3) is 3.94. The standard InChI is InChI=1S/C30H54/c1-20(2)9-8-10-22(5)26-13-14-27-25-12-11-24-19-23(21(3)4)15-17-29(24,6)28(25)16-18-30(26,27)7/h20-28H,8-19H2,1-7H3. The van der Waals surface area contributed by atoms with Crippen LogP contribution < -0.4 is 0 Å². The molecule has 0 saturated heterocycles. The molecule has 0 aliphatic heterocycles. The van der Waals surface area contributed by atoms with Gasteiger partial charge in [0.05, 0.1) is 0 Å². The fraction of sp³-hybridized carbons (Fsp3) is 1.00. The molecular formula is C30H54. The minimum Gasteiger partial charge on any atom is -0.0628 e. The first-order valence-electron chi connectivity index (χ1n) is 14.2. The Morgan fingerprint density at radius 2 is 1.43 bits per heavy atom. The molecule has 4 rings (SSSR count). The third-order valence-corrected chi connectivity index (χ3v) is 11.9. The summed E-state index contributed by atoms with van der Waals surface area (Å²) in [5.74, 6) is 8.95. The molecule has 0 heterocycles. The zero-order chi connectivity index (χ0) is 21.7. The van der Waals surface area contributed by atoms with Gasteiger partial charge in [0, 0.05) is 0 Å². The molecule has 0 bridgehead atoms. The predicted molar refractivity (Wildman–Crippen MR) is 131 cm³/mol. The van der Waals surface area contributed by atoms with Gasteiger partial charge in [0.25, 0.3) is 0 Å². The van der Waals surface area contributed by atoms with E-state index in [1.165, 1.54) is 25.7 Å². The summed E-state index contributed by atoms with van der Waals surface area (Å²) < 4.78 is 0. The average Bonchev–Trinajstić information content (AvgIpc) is 3.04. The number of hydrogen-bond acceptors (Lipinski definition) is 0. The lowest BCUT2D eigenvalue weighted by Crippen LogP contribution is -2.54. The van der Waals surface area contributed by atoms with Crippen LogP contribution in [0.4, 0.5) is 0 Å². The van der Waals surface area contributed by atoms with E-state index in [1.807, 2.05) is 0 Å². The predicted octanol–water partition coefficient (Wildman–Crippen LogP) is 9.38. The lowest BCUT2D eigenvalue weighted by molar-refractivity contribution is -0.123. The molecule has 9 unspecified atom stereocenters. The first-order chi connectivity index (χ1) is 14.2. The van der Waals surface area contributed by atoms with Crippen molar-refractivity contribution in [3.05, 3.63) is 0 Å². The van der Waals surface area contributed by atoms with E-state index < -0.39 is 0 Å². The number of rotatable bonds is 6. The van der Waals surface area contributed by atoms with Gasteiger partial charge in [-0.2, -0.15) is 0 Å². The summed E-state index contributed by atoms with van der Waals surface area (Å²) in [5.41, 5.74) is 1.34. The van der Waals surface area contributed by atoms with Crippen molar-refractivity contribution < 1.29 is 0 Å². The van der Waals surface area contributed by atoms with Crippen molar-refractivity contribution in [2.75, 3.05) is 0 Å². The molecule has 0 aromatic rings. The molecule has 174 valence electrons. The van der Waals surface area contributed by atoms with Crippen LogP contribution in [0.3, 0.4) is 0 Å². The fourth-order valence-electron chi connectivity index (χ4n) is 9.92. The van der Waals surface area contributed by atoms with Gasteiger partial charge in [0.15, 0.2) is 0 Å². The maximum atomic E-state index is 2.76. The van der Waals surface area contributed by atoms with E-state index in [2.05, 4.69) is 48.5 Å². The second kappa shape index (κ2) is 8.74. The number of fused-ring (bicyclic) bond motifs is 5. The molecule has 0 spiro atoms. The maximum Gasteiger partial charge on any atom is -0.0264 e. The van der Waals surface area contributed by atoms with Crippen LogP contribution in [0.2, 0.25) is 0 Å². The Morgan fingerprint density at radius 1 is 0.733 bits per heavy atom. The lowest BCUT2D eigenvalue weighted by Gasteiger charge is -2.61. The molecule has 0 nitrogen and oxygen atoms in total. The van der Waals surface area contributed by atoms with Crippen LogP contribution in [-0.4, -0.2) is 0 Å². The van der Waals surface area contributed by atoms with Gasteiger partial charge in [-0.1, -0.05) is 67.7 Å². The SMILES string of the molecule is CC(C)CCCC(C)C1CCC2C3CCC4CC(C(C)C)CCC4(C)C3CCC12C. The van der Waals surface area contributed by atoms with Gasteiger partial charge in [-0.05, 0) is 122 Å². The molecule has 0 heteroatoms. The smallest absolute Gasteiger partial charge is 0.0264 e. The van der Waals surface area contributed by atoms with Crippen LogP contribution >= 0.6 is 0 Å². The summed E-state index contributed by atoms with van der Waals surface area (Å²) in [6, 6.07) is 0. The molecule has 4 aliphatic carbocycles. The van der Waals surface area contributed by atoms with Gasteiger partial charge >= 0.3 is 0 Å². The zero-order valence-electron chi connectivity index (χ0n) is 21.7. The summed E-state index contributed by atoms with van der Waals surface area (Å²) in [4.78, 5) is 0. The minimum atomic E-state index is 0.663. The molecule has 4 aliphatic rings. The Balaban J connectivity index is 1.45. The Labute approximate surface area is 189 Å². The van der Waals surface area contributed by atoms with Gasteiger partial charge in [0.1, 0.15) is 0 Å². The summed E-state index contributed by atoms with van der Waals surface area (Å²) in [5, 5.41) is 0. The summed E-state index contributed by atoms with van der Waals surface area (Å²) in [6.45, 7) is 17.9. The molecular weight excluding hydrogens is 360 g/mol. The fourth-order valence-corrected chi connectivity index (χ4v) is 9.92. The van der Waals surface area contributed by atoms with Crippen LogP contribution in [-0.2, 0) is 0 Å². The first-order valence-corrected chi connectivity index (χ1v) is 14.2. The molecule has 9 atom stereocenters. The first kappa shape index (κ1) is 23.2. The molecule has 0 aromatic carbocycles. The monoisotopic (exact) mass is 414 g/mol. The van der Waals surface area contributed by atoms with E-state index in [0.717, 1.165) is 53.3 Å². The topological polar surface area (TPSA) is 0 Å². The van der Waals surface area contributed by atoms with Crippen LogP contribution in [0.1, 0.15) is 126 Å². The molecule has 0 radical (unpaired) electrons. The van der Waals surface area contributed by atoms with Crippen LogP contribution in [0, 0.1) is 64.1 Å². The van der Waals surface area contributed by atoms with E-state index in [0.29, 0.717) is 10.8 Å². The van der Waals surface area contributed by atoms with Crippen molar-refractivity contribution in [2.45, 2.75) is 126 Å². The van der Waals surface area contributed by atoms with Crippen LogP contribution in [0.25, 0.3) is 0 Å². The summed E-state index contributed by atoms with van der Waals surface area (Å²) in [7, 11) is 0. The minimum absolute atomic E-state index is 0.663. The highest BCUT2D eigenvalue weighted by molar-refractivity contribution is 5.09. The van der Waals surface area contributed by atoms with E-state index in [1.54, 1.807) is 51.4 Å². The molecule has 30 heavy (non-hydrogen) atoms. The van der Waals surface area contributed by atoms with Crippen LogP contribution in [0.5, 0.6) is 0 Å². The van der Waals surface area contributed by atoms with E-state index in [4.69, 9.17) is 0 Å². The van der Waals surface area contributed by atoms with E-state index in [9.17, 15) is 0 Å². The highest BCUT2D eigenvalue weighted by Gasteiger charge is 2.60. The highest BCUT2D eigenvalue weighted by atomic mass is 14.6. The molecule has 4 saturated carbocycles. The highest BCUT2D eigenvalue weighted by Crippen LogP contribution is 2.68. The average molecular weight is 415 g/mol. The largest absolute Gasteiger partial charge is 0.0628 e. The Hall–Kier alpha value is 0. The maximum absolute atomic E-state index is 2.76. The van der Waals surface area contributed by atoms with Crippen molar-refractivity contribution in [1.82, 2.24) is 0 Å².